The van der Waals surface area contributed by atoms with Gasteiger partial charge in [-0.3, -0.25) is 14.9 Å². The van der Waals surface area contributed by atoms with Crippen LogP contribution < -0.4 is 10.6 Å². The van der Waals surface area contributed by atoms with E-state index in [-0.39, 0.29) is 23.6 Å². The average molecular weight is 277 g/mol. The summed E-state index contributed by atoms with van der Waals surface area (Å²) in [6.45, 7) is 0. The van der Waals surface area contributed by atoms with Crippen molar-refractivity contribution in [2.45, 2.75) is 31.7 Å². The summed E-state index contributed by atoms with van der Waals surface area (Å²) in [5.41, 5.74) is 6.60. The molecule has 2 rings (SSSR count). The highest BCUT2D eigenvalue weighted by molar-refractivity contribution is 5.94. The van der Waals surface area contributed by atoms with Gasteiger partial charge in [0.2, 0.25) is 5.91 Å². The number of rotatable bonds is 3. The second kappa shape index (κ2) is 6.00. The molecule has 0 aromatic heterocycles. The molecule has 2 N–H and O–H groups in total. The fourth-order valence-corrected chi connectivity index (χ4v) is 2.65. The Hall–Kier alpha value is -1.95. The van der Waals surface area contributed by atoms with Crippen LogP contribution in [0.2, 0.25) is 0 Å². The predicted molar refractivity (Wildman–Crippen MR) is 76.4 cm³/mol. The standard InChI is InChI=1S/C14H19N3O3/c1-16(12-5-7-13(8-6-12)17(19)20)14(18)10-3-2-4-11(15)9-10/h5-8,10-11H,2-4,9,15H2,1H3. The molecule has 1 aromatic rings. The van der Waals surface area contributed by atoms with Crippen LogP contribution in [0, 0.1) is 16.0 Å². The summed E-state index contributed by atoms with van der Waals surface area (Å²) in [6, 6.07) is 6.11. The van der Waals surface area contributed by atoms with E-state index in [4.69, 9.17) is 5.73 Å². The second-order valence-corrected chi connectivity index (χ2v) is 5.29. The number of nitrogens with two attached hydrogens (primary N) is 1. The number of benzene rings is 1. The molecule has 0 aliphatic heterocycles. The Bertz CT molecular complexity index is 501. The Morgan fingerprint density at radius 3 is 2.55 bits per heavy atom. The first kappa shape index (κ1) is 14.5. The van der Waals surface area contributed by atoms with Gasteiger partial charge in [0, 0.05) is 36.8 Å². The quantitative estimate of drug-likeness (QED) is 0.676. The van der Waals surface area contributed by atoms with Gasteiger partial charge in [-0.1, -0.05) is 6.42 Å². The molecule has 0 spiro atoms. The molecule has 0 radical (unpaired) electrons. The van der Waals surface area contributed by atoms with Gasteiger partial charge in [0.25, 0.3) is 5.69 Å². The highest BCUT2D eigenvalue weighted by Gasteiger charge is 2.28. The molecule has 2 atom stereocenters. The average Bonchev–Trinajstić information content (AvgIpc) is 2.46. The summed E-state index contributed by atoms with van der Waals surface area (Å²) in [6.07, 6.45) is 3.54. The van der Waals surface area contributed by atoms with Crippen LogP contribution in [0.5, 0.6) is 0 Å². The van der Waals surface area contributed by atoms with E-state index in [1.54, 1.807) is 24.1 Å². The third-order valence-corrected chi connectivity index (χ3v) is 3.84. The third kappa shape index (κ3) is 3.14. The molecule has 6 heteroatoms. The summed E-state index contributed by atoms with van der Waals surface area (Å²) in [5, 5.41) is 10.6. The van der Waals surface area contributed by atoms with Gasteiger partial charge in [0.1, 0.15) is 0 Å². The summed E-state index contributed by atoms with van der Waals surface area (Å²) >= 11 is 0. The molecule has 1 amide bonds. The molecule has 1 aliphatic carbocycles. The number of anilines is 1. The van der Waals surface area contributed by atoms with Crippen molar-refractivity contribution < 1.29 is 9.72 Å². The van der Waals surface area contributed by atoms with Gasteiger partial charge in [-0.25, -0.2) is 0 Å². The first-order valence-electron chi connectivity index (χ1n) is 6.76. The van der Waals surface area contributed by atoms with Crippen LogP contribution in [0.15, 0.2) is 24.3 Å². The van der Waals surface area contributed by atoms with Crippen LogP contribution >= 0.6 is 0 Å². The number of carbonyl (C=O) groups is 1. The largest absolute Gasteiger partial charge is 0.328 e. The minimum Gasteiger partial charge on any atom is -0.328 e. The van der Waals surface area contributed by atoms with Gasteiger partial charge in [-0.15, -0.1) is 0 Å². The summed E-state index contributed by atoms with van der Waals surface area (Å²) < 4.78 is 0. The van der Waals surface area contributed by atoms with Crippen LogP contribution in [0.1, 0.15) is 25.7 Å². The van der Waals surface area contributed by atoms with Gasteiger partial charge >= 0.3 is 0 Å². The number of hydrogen-bond acceptors (Lipinski definition) is 4. The summed E-state index contributed by atoms with van der Waals surface area (Å²) in [4.78, 5) is 24.1. The highest BCUT2D eigenvalue weighted by Crippen LogP contribution is 2.27. The topological polar surface area (TPSA) is 89.5 Å². The van der Waals surface area contributed by atoms with Gasteiger partial charge < -0.3 is 10.6 Å². The normalized spacial score (nSPS) is 22.3. The lowest BCUT2D eigenvalue weighted by molar-refractivity contribution is -0.384. The summed E-state index contributed by atoms with van der Waals surface area (Å²) in [7, 11) is 1.70. The fourth-order valence-electron chi connectivity index (χ4n) is 2.65. The summed E-state index contributed by atoms with van der Waals surface area (Å²) in [5.74, 6) is -0.00653. The number of nitro groups is 1. The number of nitrogens with zero attached hydrogens (tertiary/aromatic N) is 2. The van der Waals surface area contributed by atoms with Gasteiger partial charge in [-0.2, -0.15) is 0 Å². The Labute approximate surface area is 117 Å². The number of hydrogen-bond donors (Lipinski definition) is 1. The van der Waals surface area contributed by atoms with Crippen LogP contribution in [-0.4, -0.2) is 23.9 Å². The molecule has 1 aliphatic rings. The zero-order valence-electron chi connectivity index (χ0n) is 11.5. The maximum atomic E-state index is 12.4. The minimum atomic E-state index is -0.453. The molecule has 0 heterocycles. The van der Waals surface area contributed by atoms with Crippen molar-refractivity contribution >= 4 is 17.3 Å². The van der Waals surface area contributed by atoms with Crippen molar-refractivity contribution in [1.29, 1.82) is 0 Å². The lowest BCUT2D eigenvalue weighted by Gasteiger charge is -2.29. The van der Waals surface area contributed by atoms with Crippen LogP contribution in [0.4, 0.5) is 11.4 Å². The SMILES string of the molecule is CN(C(=O)C1CCCC(N)C1)c1ccc([N+](=O)[O-])cc1. The molecule has 6 nitrogen and oxygen atoms in total. The smallest absolute Gasteiger partial charge is 0.269 e. The van der Waals surface area contributed by atoms with Crippen molar-refractivity contribution in [3.05, 3.63) is 34.4 Å². The van der Waals surface area contributed by atoms with E-state index in [1.165, 1.54) is 12.1 Å². The predicted octanol–water partition coefficient (Wildman–Crippen LogP) is 2.08. The fraction of sp³-hybridized carbons (Fsp3) is 0.500. The van der Waals surface area contributed by atoms with Crippen molar-refractivity contribution in [3.63, 3.8) is 0 Å². The maximum Gasteiger partial charge on any atom is 0.269 e. The van der Waals surface area contributed by atoms with E-state index < -0.39 is 4.92 Å². The third-order valence-electron chi connectivity index (χ3n) is 3.84. The number of carbonyl (C=O) groups excluding carboxylic acids is 1. The van der Waals surface area contributed by atoms with E-state index in [0.717, 1.165) is 25.7 Å². The van der Waals surface area contributed by atoms with Gasteiger partial charge in [0.15, 0.2) is 0 Å². The van der Waals surface area contributed by atoms with E-state index >= 15 is 0 Å². The number of nitro benzene ring substituents is 1. The van der Waals surface area contributed by atoms with E-state index in [0.29, 0.717) is 5.69 Å². The van der Waals surface area contributed by atoms with Crippen molar-refractivity contribution in [2.24, 2.45) is 11.7 Å². The lowest BCUT2D eigenvalue weighted by Crippen LogP contribution is -2.38. The zero-order valence-corrected chi connectivity index (χ0v) is 11.5. The second-order valence-electron chi connectivity index (χ2n) is 5.29. The van der Waals surface area contributed by atoms with Gasteiger partial charge in [-0.05, 0) is 31.4 Å². The first-order valence-corrected chi connectivity index (χ1v) is 6.76. The molecular formula is C14H19N3O3. The highest BCUT2D eigenvalue weighted by atomic mass is 16.6. The molecule has 1 aromatic carbocycles. The lowest BCUT2D eigenvalue weighted by atomic mass is 9.85. The molecule has 108 valence electrons. The molecule has 0 saturated heterocycles. The van der Waals surface area contributed by atoms with Crippen molar-refractivity contribution in [2.75, 3.05) is 11.9 Å². The molecule has 1 saturated carbocycles. The Balaban J connectivity index is 2.07. The van der Waals surface area contributed by atoms with Crippen molar-refractivity contribution in [1.82, 2.24) is 0 Å². The maximum absolute atomic E-state index is 12.4. The van der Waals surface area contributed by atoms with Crippen LogP contribution in [0.25, 0.3) is 0 Å². The monoisotopic (exact) mass is 277 g/mol. The van der Waals surface area contributed by atoms with E-state index in [9.17, 15) is 14.9 Å². The Kier molecular flexibility index (Phi) is 4.34. The van der Waals surface area contributed by atoms with Gasteiger partial charge in [0.05, 0.1) is 4.92 Å². The Morgan fingerprint density at radius 1 is 1.35 bits per heavy atom. The Morgan fingerprint density at radius 2 is 2.00 bits per heavy atom. The van der Waals surface area contributed by atoms with Crippen LogP contribution in [0.3, 0.4) is 0 Å². The zero-order chi connectivity index (χ0) is 14.7. The molecule has 0 bridgehead atoms. The molecule has 2 unspecified atom stereocenters. The number of non-ortho nitro benzene ring substituents is 1. The van der Waals surface area contributed by atoms with E-state index in [2.05, 4.69) is 0 Å². The van der Waals surface area contributed by atoms with E-state index in [1.807, 2.05) is 0 Å². The minimum absolute atomic E-state index is 0.0225. The first-order chi connectivity index (χ1) is 9.49. The molecule has 20 heavy (non-hydrogen) atoms. The molecular weight excluding hydrogens is 258 g/mol. The van der Waals surface area contributed by atoms with Crippen molar-refractivity contribution in [3.8, 4) is 0 Å². The van der Waals surface area contributed by atoms with Crippen LogP contribution in [-0.2, 0) is 4.79 Å². The number of amides is 1. The molecule has 1 fully saturated rings.